The third-order valence-electron chi connectivity index (χ3n) is 3.14. The van der Waals surface area contributed by atoms with Gasteiger partial charge in [0.15, 0.2) is 0 Å². The highest BCUT2D eigenvalue weighted by molar-refractivity contribution is 6.04. The monoisotopic (exact) mass is 222 g/mol. The van der Waals surface area contributed by atoms with Crippen LogP contribution in [0.3, 0.4) is 0 Å². The Kier molecular flexibility index (Phi) is 2.50. The van der Waals surface area contributed by atoms with Crippen LogP contribution in [-0.4, -0.2) is 11.8 Å². The molecule has 3 rings (SSSR count). The van der Waals surface area contributed by atoms with Crippen LogP contribution in [0.4, 0.5) is 0 Å². The van der Waals surface area contributed by atoms with Gasteiger partial charge in [0, 0.05) is 0 Å². The van der Waals surface area contributed by atoms with Crippen molar-refractivity contribution in [1.29, 1.82) is 5.41 Å². The Balaban J connectivity index is 1.76. The van der Waals surface area contributed by atoms with E-state index in [0.29, 0.717) is 11.8 Å². The van der Waals surface area contributed by atoms with Gasteiger partial charge in [-0.2, -0.15) is 0 Å². The Morgan fingerprint density at radius 1 is 0.882 bits per heavy atom. The molecule has 0 aliphatic carbocycles. The van der Waals surface area contributed by atoms with E-state index in [4.69, 9.17) is 5.41 Å². The maximum absolute atomic E-state index is 8.16. The SMILES string of the molecule is N=C(c1ccccc1)C1NC1c1ccccc1. The first-order valence-electron chi connectivity index (χ1n) is 5.81. The molecule has 0 radical (unpaired) electrons. The van der Waals surface area contributed by atoms with Gasteiger partial charge in [-0.3, -0.25) is 5.32 Å². The van der Waals surface area contributed by atoms with Crippen molar-refractivity contribution in [3.63, 3.8) is 0 Å². The van der Waals surface area contributed by atoms with Crippen molar-refractivity contribution >= 4 is 5.71 Å². The van der Waals surface area contributed by atoms with Gasteiger partial charge in [0.2, 0.25) is 0 Å². The van der Waals surface area contributed by atoms with Gasteiger partial charge in [-0.05, 0) is 11.1 Å². The first-order valence-corrected chi connectivity index (χ1v) is 5.81. The molecule has 0 bridgehead atoms. The van der Waals surface area contributed by atoms with E-state index in [1.165, 1.54) is 5.56 Å². The van der Waals surface area contributed by atoms with E-state index in [1.807, 2.05) is 48.5 Å². The molecular formula is C15H14N2. The Morgan fingerprint density at radius 2 is 1.47 bits per heavy atom. The zero-order chi connectivity index (χ0) is 11.7. The number of hydrogen-bond acceptors (Lipinski definition) is 2. The third kappa shape index (κ3) is 1.99. The van der Waals surface area contributed by atoms with Gasteiger partial charge in [0.25, 0.3) is 0 Å². The van der Waals surface area contributed by atoms with Crippen LogP contribution in [0.5, 0.6) is 0 Å². The van der Waals surface area contributed by atoms with E-state index in [9.17, 15) is 0 Å². The normalized spacial score (nSPS) is 22.1. The van der Waals surface area contributed by atoms with Crippen LogP contribution in [0, 0.1) is 5.41 Å². The highest BCUT2D eigenvalue weighted by Crippen LogP contribution is 2.31. The van der Waals surface area contributed by atoms with E-state index >= 15 is 0 Å². The summed E-state index contributed by atoms with van der Waals surface area (Å²) < 4.78 is 0. The molecule has 2 aromatic rings. The summed E-state index contributed by atoms with van der Waals surface area (Å²) in [6.07, 6.45) is 0. The lowest BCUT2D eigenvalue weighted by Gasteiger charge is -2.01. The minimum atomic E-state index is 0.166. The quantitative estimate of drug-likeness (QED) is 0.608. The van der Waals surface area contributed by atoms with Crippen LogP contribution in [0.15, 0.2) is 60.7 Å². The Labute approximate surface area is 101 Å². The summed E-state index contributed by atoms with van der Waals surface area (Å²) in [4.78, 5) is 0. The lowest BCUT2D eigenvalue weighted by molar-refractivity contribution is 1.07. The van der Waals surface area contributed by atoms with Gasteiger partial charge in [-0.15, -0.1) is 0 Å². The Bertz CT molecular complexity index is 519. The average molecular weight is 222 g/mol. The molecule has 84 valence electrons. The lowest BCUT2D eigenvalue weighted by atomic mass is 10.0. The summed E-state index contributed by atoms with van der Waals surface area (Å²) in [6.45, 7) is 0. The van der Waals surface area contributed by atoms with Crippen molar-refractivity contribution in [1.82, 2.24) is 5.32 Å². The number of nitrogens with one attached hydrogen (secondary N) is 2. The summed E-state index contributed by atoms with van der Waals surface area (Å²) in [5.41, 5.74) is 2.95. The Morgan fingerprint density at radius 3 is 2.12 bits per heavy atom. The molecule has 1 aliphatic rings. The van der Waals surface area contributed by atoms with E-state index in [-0.39, 0.29) is 6.04 Å². The first-order chi connectivity index (χ1) is 8.36. The molecule has 2 heteroatoms. The molecule has 1 fully saturated rings. The van der Waals surface area contributed by atoms with Crippen molar-refractivity contribution < 1.29 is 0 Å². The molecule has 2 nitrogen and oxygen atoms in total. The van der Waals surface area contributed by atoms with Gasteiger partial charge in [0.05, 0.1) is 17.8 Å². The number of benzene rings is 2. The molecule has 1 aliphatic heterocycles. The smallest absolute Gasteiger partial charge is 0.0697 e. The fourth-order valence-corrected chi connectivity index (χ4v) is 2.13. The molecule has 2 unspecified atom stereocenters. The second-order valence-corrected chi connectivity index (χ2v) is 4.31. The van der Waals surface area contributed by atoms with Crippen LogP contribution in [0.1, 0.15) is 17.2 Å². The van der Waals surface area contributed by atoms with E-state index in [2.05, 4.69) is 17.4 Å². The molecule has 1 saturated heterocycles. The van der Waals surface area contributed by atoms with Crippen LogP contribution in [-0.2, 0) is 0 Å². The maximum Gasteiger partial charge on any atom is 0.0697 e. The summed E-state index contributed by atoms with van der Waals surface area (Å²) in [5, 5.41) is 11.5. The summed E-state index contributed by atoms with van der Waals surface area (Å²) >= 11 is 0. The first kappa shape index (κ1) is 10.2. The number of rotatable bonds is 3. The predicted molar refractivity (Wildman–Crippen MR) is 69.4 cm³/mol. The largest absolute Gasteiger partial charge is 0.303 e. The van der Waals surface area contributed by atoms with E-state index in [1.54, 1.807) is 0 Å². The molecule has 0 amide bonds. The molecule has 1 heterocycles. The standard InChI is InChI=1S/C15H14N2/c16-13(11-7-3-1-4-8-11)15-14(17-15)12-9-5-2-6-10-12/h1-10,14-17H. The predicted octanol–water partition coefficient (Wildman–Crippen LogP) is 2.77. The fourth-order valence-electron chi connectivity index (χ4n) is 2.13. The van der Waals surface area contributed by atoms with Crippen molar-refractivity contribution in [2.75, 3.05) is 0 Å². The molecule has 2 N–H and O–H groups in total. The molecule has 0 spiro atoms. The highest BCUT2D eigenvalue weighted by atomic mass is 15.2. The van der Waals surface area contributed by atoms with Crippen molar-refractivity contribution in [3.8, 4) is 0 Å². The van der Waals surface area contributed by atoms with Crippen molar-refractivity contribution in [2.45, 2.75) is 12.1 Å². The maximum atomic E-state index is 8.16. The summed E-state index contributed by atoms with van der Waals surface area (Å²) in [7, 11) is 0. The second-order valence-electron chi connectivity index (χ2n) is 4.31. The van der Waals surface area contributed by atoms with Crippen LogP contribution in [0.25, 0.3) is 0 Å². The average Bonchev–Trinajstić information content (AvgIpc) is 3.20. The molecule has 0 saturated carbocycles. The van der Waals surface area contributed by atoms with Gasteiger partial charge >= 0.3 is 0 Å². The molecule has 17 heavy (non-hydrogen) atoms. The summed E-state index contributed by atoms with van der Waals surface area (Å²) in [6, 6.07) is 20.7. The highest BCUT2D eigenvalue weighted by Gasteiger charge is 2.40. The van der Waals surface area contributed by atoms with Crippen molar-refractivity contribution in [3.05, 3.63) is 71.8 Å². The molecular weight excluding hydrogens is 208 g/mol. The zero-order valence-corrected chi connectivity index (χ0v) is 9.43. The topological polar surface area (TPSA) is 45.8 Å². The van der Waals surface area contributed by atoms with Crippen molar-refractivity contribution in [2.24, 2.45) is 0 Å². The fraction of sp³-hybridized carbons (Fsp3) is 0.133. The minimum absolute atomic E-state index is 0.166. The van der Waals surface area contributed by atoms with Crippen LogP contribution >= 0.6 is 0 Å². The van der Waals surface area contributed by atoms with Crippen LogP contribution < -0.4 is 5.32 Å². The molecule has 0 aromatic heterocycles. The minimum Gasteiger partial charge on any atom is -0.303 e. The van der Waals surface area contributed by atoms with Crippen LogP contribution in [0.2, 0.25) is 0 Å². The van der Waals surface area contributed by atoms with Gasteiger partial charge < -0.3 is 5.41 Å². The van der Waals surface area contributed by atoms with E-state index in [0.717, 1.165) is 5.56 Å². The van der Waals surface area contributed by atoms with Gasteiger partial charge in [-0.25, -0.2) is 0 Å². The molecule has 2 atom stereocenters. The third-order valence-corrected chi connectivity index (χ3v) is 3.14. The second kappa shape index (κ2) is 4.15. The Hall–Kier alpha value is -1.93. The van der Waals surface area contributed by atoms with Gasteiger partial charge in [-0.1, -0.05) is 60.7 Å². The van der Waals surface area contributed by atoms with E-state index < -0.39 is 0 Å². The van der Waals surface area contributed by atoms with Gasteiger partial charge in [0.1, 0.15) is 0 Å². The molecule has 2 aromatic carbocycles. The zero-order valence-electron chi connectivity index (χ0n) is 9.43. The summed E-state index contributed by atoms with van der Waals surface area (Å²) in [5.74, 6) is 0. The lowest BCUT2D eigenvalue weighted by Crippen LogP contribution is -2.10. The number of hydrogen-bond donors (Lipinski definition) is 2.